The quantitative estimate of drug-likeness (QED) is 0.859. The van der Waals surface area contributed by atoms with E-state index in [2.05, 4.69) is 4.98 Å². The number of hydrogen-bond donors (Lipinski definition) is 2. The highest BCUT2D eigenvalue weighted by Crippen LogP contribution is 2.25. The zero-order valence-corrected chi connectivity index (χ0v) is 12.9. The molecular weight excluding hydrogens is 294 g/mol. The molecule has 6 heteroatoms. The number of aromatic nitrogens is 2. The minimum atomic E-state index is -1.23. The average Bonchev–Trinajstić information content (AvgIpc) is 3.04. The number of hydrogen-bond acceptors (Lipinski definition) is 4. The lowest BCUT2D eigenvalue weighted by Gasteiger charge is -2.42. The van der Waals surface area contributed by atoms with E-state index in [1.165, 1.54) is 0 Å². The summed E-state index contributed by atoms with van der Waals surface area (Å²) in [4.78, 5) is 17.9. The molecule has 0 spiro atoms. The summed E-state index contributed by atoms with van der Waals surface area (Å²) in [6.45, 7) is 0.861. The molecule has 1 fully saturated rings. The molecule has 2 N–H and O–H groups in total. The fourth-order valence-corrected chi connectivity index (χ4v) is 2.95. The maximum atomic E-state index is 12.4. The van der Waals surface area contributed by atoms with Crippen LogP contribution < -0.4 is 0 Å². The molecule has 0 aliphatic carbocycles. The number of aliphatic hydroxyl groups is 2. The Morgan fingerprint density at radius 3 is 2.78 bits per heavy atom. The fraction of sp³-hybridized carbons (Fsp3) is 0.412. The van der Waals surface area contributed by atoms with Gasteiger partial charge in [-0.15, -0.1) is 0 Å². The Morgan fingerprint density at radius 1 is 1.35 bits per heavy atom. The number of β-amino-alcohol motifs (C(OH)–C–C–N with tert-alkyl or cyclic N) is 1. The van der Waals surface area contributed by atoms with Gasteiger partial charge in [0, 0.05) is 25.5 Å². The van der Waals surface area contributed by atoms with Crippen LogP contribution in [0, 0.1) is 0 Å². The van der Waals surface area contributed by atoms with Gasteiger partial charge in [0.05, 0.1) is 19.3 Å². The fourth-order valence-electron chi connectivity index (χ4n) is 2.95. The maximum absolute atomic E-state index is 12.4. The molecule has 1 aromatic heterocycles. The summed E-state index contributed by atoms with van der Waals surface area (Å²) in [7, 11) is 0. The lowest BCUT2D eigenvalue weighted by atomic mass is 9.88. The minimum absolute atomic E-state index is 0.0278. The summed E-state index contributed by atoms with van der Waals surface area (Å²) < 4.78 is 1.74. The van der Waals surface area contributed by atoms with Crippen LogP contribution in [-0.4, -0.2) is 55.4 Å². The Balaban J connectivity index is 1.60. The normalized spacial score (nSPS) is 24.6. The Morgan fingerprint density at radius 2 is 2.13 bits per heavy atom. The van der Waals surface area contributed by atoms with Crippen LogP contribution in [0.1, 0.15) is 12.0 Å². The van der Waals surface area contributed by atoms with Crippen LogP contribution in [0.4, 0.5) is 0 Å². The second-order valence-electron chi connectivity index (χ2n) is 6.11. The second kappa shape index (κ2) is 6.52. The molecule has 1 aliphatic heterocycles. The van der Waals surface area contributed by atoms with Gasteiger partial charge in [-0.3, -0.25) is 4.79 Å². The summed E-state index contributed by atoms with van der Waals surface area (Å²) in [6.07, 6.45) is 4.67. The molecule has 3 rings (SSSR count). The Hall–Kier alpha value is -2.18. The van der Waals surface area contributed by atoms with Gasteiger partial charge in [-0.2, -0.15) is 0 Å². The summed E-state index contributed by atoms with van der Waals surface area (Å²) in [5.74, 6) is -0.0278. The first-order chi connectivity index (χ1) is 11.1. The number of imidazole rings is 1. The molecule has 1 saturated heterocycles. The average molecular weight is 315 g/mol. The number of likely N-dealkylation sites (tertiary alicyclic amines) is 1. The van der Waals surface area contributed by atoms with Crippen molar-refractivity contribution in [3.63, 3.8) is 0 Å². The van der Waals surface area contributed by atoms with Crippen LogP contribution in [0.5, 0.6) is 0 Å². The Kier molecular flexibility index (Phi) is 4.45. The molecule has 122 valence electrons. The summed E-state index contributed by atoms with van der Waals surface area (Å²) in [5, 5.41) is 21.0. The first kappa shape index (κ1) is 15.7. The summed E-state index contributed by atoms with van der Waals surface area (Å²) in [6, 6.07) is 9.53. The Bertz CT molecular complexity index is 644. The standard InChI is InChI=1S/C17H21N3O3/c21-15-11-20(16(22)10-14-4-2-1-3-5-14)8-6-17(15,23)12-19-9-7-18-13-19/h1-5,7,9,13,15,21,23H,6,8,10-12H2/t15-,17-/m0/s1. The third kappa shape index (κ3) is 3.60. The van der Waals surface area contributed by atoms with E-state index in [4.69, 9.17) is 0 Å². The van der Waals surface area contributed by atoms with Gasteiger partial charge >= 0.3 is 0 Å². The largest absolute Gasteiger partial charge is 0.388 e. The van der Waals surface area contributed by atoms with Crippen LogP contribution >= 0.6 is 0 Å². The van der Waals surface area contributed by atoms with Crippen molar-refractivity contribution < 1.29 is 15.0 Å². The number of benzene rings is 1. The van der Waals surface area contributed by atoms with Gasteiger partial charge in [0.25, 0.3) is 0 Å². The molecule has 1 aliphatic rings. The van der Waals surface area contributed by atoms with E-state index in [0.717, 1.165) is 5.56 Å². The van der Waals surface area contributed by atoms with Crippen molar-refractivity contribution in [2.24, 2.45) is 0 Å². The van der Waals surface area contributed by atoms with E-state index in [1.807, 2.05) is 30.3 Å². The molecule has 0 bridgehead atoms. The number of amides is 1. The van der Waals surface area contributed by atoms with Gasteiger partial charge in [-0.1, -0.05) is 30.3 Å². The highest BCUT2D eigenvalue weighted by Gasteiger charge is 2.41. The molecule has 2 heterocycles. The number of carbonyl (C=O) groups is 1. The number of aliphatic hydroxyl groups excluding tert-OH is 1. The highest BCUT2D eigenvalue weighted by atomic mass is 16.3. The van der Waals surface area contributed by atoms with Gasteiger partial charge in [-0.25, -0.2) is 4.98 Å². The predicted molar refractivity (Wildman–Crippen MR) is 84.5 cm³/mol. The van der Waals surface area contributed by atoms with E-state index in [-0.39, 0.29) is 19.0 Å². The second-order valence-corrected chi connectivity index (χ2v) is 6.11. The molecule has 23 heavy (non-hydrogen) atoms. The van der Waals surface area contributed by atoms with Crippen molar-refractivity contribution in [3.8, 4) is 0 Å². The van der Waals surface area contributed by atoms with Gasteiger partial charge in [0.1, 0.15) is 11.7 Å². The van der Waals surface area contributed by atoms with Crippen LogP contribution in [-0.2, 0) is 17.8 Å². The molecular formula is C17H21N3O3. The lowest BCUT2D eigenvalue weighted by molar-refractivity contribution is -0.151. The van der Waals surface area contributed by atoms with E-state index in [0.29, 0.717) is 19.4 Å². The van der Waals surface area contributed by atoms with Gasteiger partial charge in [0.15, 0.2) is 0 Å². The number of piperidine rings is 1. The smallest absolute Gasteiger partial charge is 0.227 e. The highest BCUT2D eigenvalue weighted by molar-refractivity contribution is 5.79. The van der Waals surface area contributed by atoms with Crippen molar-refractivity contribution >= 4 is 5.91 Å². The first-order valence-corrected chi connectivity index (χ1v) is 7.75. The van der Waals surface area contributed by atoms with Crippen LogP contribution in [0.2, 0.25) is 0 Å². The number of rotatable bonds is 4. The lowest BCUT2D eigenvalue weighted by Crippen LogP contribution is -2.58. The van der Waals surface area contributed by atoms with Crippen LogP contribution in [0.15, 0.2) is 49.1 Å². The first-order valence-electron chi connectivity index (χ1n) is 7.75. The zero-order valence-electron chi connectivity index (χ0n) is 12.9. The van der Waals surface area contributed by atoms with Gasteiger partial charge < -0.3 is 19.7 Å². The van der Waals surface area contributed by atoms with Crippen molar-refractivity contribution in [2.45, 2.75) is 31.1 Å². The Labute approximate surface area is 135 Å². The van der Waals surface area contributed by atoms with Crippen molar-refractivity contribution in [1.82, 2.24) is 14.5 Å². The van der Waals surface area contributed by atoms with E-state index >= 15 is 0 Å². The minimum Gasteiger partial charge on any atom is -0.388 e. The molecule has 6 nitrogen and oxygen atoms in total. The third-order valence-corrected chi connectivity index (χ3v) is 4.39. The molecule has 1 aromatic carbocycles. The van der Waals surface area contributed by atoms with Crippen molar-refractivity contribution in [2.75, 3.05) is 13.1 Å². The van der Waals surface area contributed by atoms with Gasteiger partial charge in [-0.05, 0) is 12.0 Å². The third-order valence-electron chi connectivity index (χ3n) is 4.39. The summed E-state index contributed by atoms with van der Waals surface area (Å²) in [5.41, 5.74) is -0.282. The summed E-state index contributed by atoms with van der Waals surface area (Å²) >= 11 is 0. The maximum Gasteiger partial charge on any atom is 0.227 e. The van der Waals surface area contributed by atoms with Crippen LogP contribution in [0.3, 0.4) is 0 Å². The van der Waals surface area contributed by atoms with Gasteiger partial charge in [0.2, 0.25) is 5.91 Å². The van der Waals surface area contributed by atoms with Crippen LogP contribution in [0.25, 0.3) is 0 Å². The van der Waals surface area contributed by atoms with Crippen molar-refractivity contribution in [3.05, 3.63) is 54.6 Å². The van der Waals surface area contributed by atoms with E-state index in [1.54, 1.807) is 28.2 Å². The monoisotopic (exact) mass is 315 g/mol. The molecule has 0 unspecified atom stereocenters. The van der Waals surface area contributed by atoms with E-state index in [9.17, 15) is 15.0 Å². The predicted octanol–water partition coefficient (Wildman–Crippen LogP) is 0.450. The molecule has 0 radical (unpaired) electrons. The topological polar surface area (TPSA) is 78.6 Å². The molecule has 2 atom stereocenters. The molecule has 1 amide bonds. The molecule has 0 saturated carbocycles. The van der Waals surface area contributed by atoms with Crippen molar-refractivity contribution in [1.29, 1.82) is 0 Å². The number of carbonyl (C=O) groups excluding carboxylic acids is 1. The SMILES string of the molecule is O=C(Cc1ccccc1)N1CC[C@](O)(Cn2ccnc2)[C@@H](O)C1. The van der Waals surface area contributed by atoms with E-state index < -0.39 is 11.7 Å². The zero-order chi connectivity index (χ0) is 16.3. The number of nitrogens with zero attached hydrogens (tertiary/aromatic N) is 3. The molecule has 2 aromatic rings.